The van der Waals surface area contributed by atoms with Crippen LogP contribution in [-0.2, 0) is 11.8 Å². The van der Waals surface area contributed by atoms with Crippen molar-refractivity contribution in [2.24, 2.45) is 7.05 Å². The SMILES string of the molecule is Cc1c(C(=O)Nc2c(C)n(C)n(C3CCCCC3)c2=O)noc1C1CC=CC(C)O1. The Labute approximate surface area is 175 Å². The molecule has 2 aromatic heterocycles. The number of anilines is 1. The molecular formula is C22H30N4O4. The van der Waals surface area contributed by atoms with Crippen LogP contribution in [0.15, 0.2) is 21.5 Å². The van der Waals surface area contributed by atoms with Crippen LogP contribution >= 0.6 is 0 Å². The first-order valence-electron chi connectivity index (χ1n) is 10.8. The lowest BCUT2D eigenvalue weighted by molar-refractivity contribution is -0.00158. The van der Waals surface area contributed by atoms with Gasteiger partial charge in [-0.1, -0.05) is 36.6 Å². The van der Waals surface area contributed by atoms with Crippen LogP contribution in [0.25, 0.3) is 0 Å². The number of amides is 1. The van der Waals surface area contributed by atoms with Crippen molar-refractivity contribution in [2.45, 2.75) is 77.5 Å². The van der Waals surface area contributed by atoms with Crippen LogP contribution in [0.1, 0.15) is 85.1 Å². The van der Waals surface area contributed by atoms with Gasteiger partial charge in [0.15, 0.2) is 11.5 Å². The molecule has 2 unspecified atom stereocenters. The molecule has 1 amide bonds. The number of nitrogens with one attached hydrogen (secondary N) is 1. The van der Waals surface area contributed by atoms with E-state index in [1.165, 1.54) is 6.42 Å². The zero-order chi connectivity index (χ0) is 21.4. The Bertz CT molecular complexity index is 1020. The van der Waals surface area contributed by atoms with Gasteiger partial charge in [0.05, 0.1) is 17.8 Å². The van der Waals surface area contributed by atoms with E-state index in [9.17, 15) is 9.59 Å². The molecule has 1 aliphatic heterocycles. The third-order valence-corrected chi connectivity index (χ3v) is 6.36. The van der Waals surface area contributed by atoms with Gasteiger partial charge in [-0.2, -0.15) is 0 Å². The van der Waals surface area contributed by atoms with E-state index in [-0.39, 0.29) is 29.5 Å². The highest BCUT2D eigenvalue weighted by molar-refractivity contribution is 6.04. The molecule has 2 atom stereocenters. The average Bonchev–Trinajstić information content (AvgIpc) is 3.22. The number of carbonyl (C=O) groups excluding carboxylic acids is 1. The standard InChI is InChI=1S/C22H30N4O4/c1-13-9-8-12-17(29-13)20-14(2)18(24-30-20)21(27)23-19-15(3)25(4)26(22(19)28)16-10-6-5-7-11-16/h8-9,13,16-17H,5-7,10-12H2,1-4H3,(H,23,27). The van der Waals surface area contributed by atoms with E-state index in [1.54, 1.807) is 11.6 Å². The molecule has 8 nitrogen and oxygen atoms in total. The van der Waals surface area contributed by atoms with E-state index in [1.807, 2.05) is 37.7 Å². The maximum atomic E-state index is 13.1. The second-order valence-electron chi connectivity index (χ2n) is 8.39. The molecule has 3 heterocycles. The molecule has 0 radical (unpaired) electrons. The Balaban J connectivity index is 1.58. The molecule has 2 aliphatic rings. The van der Waals surface area contributed by atoms with Gasteiger partial charge in [0.25, 0.3) is 11.5 Å². The summed E-state index contributed by atoms with van der Waals surface area (Å²) < 4.78 is 15.0. The van der Waals surface area contributed by atoms with Crippen LogP contribution in [0.4, 0.5) is 5.69 Å². The molecule has 30 heavy (non-hydrogen) atoms. The fourth-order valence-corrected chi connectivity index (χ4v) is 4.57. The smallest absolute Gasteiger partial charge is 0.291 e. The van der Waals surface area contributed by atoms with Crippen LogP contribution < -0.4 is 10.9 Å². The average molecular weight is 415 g/mol. The summed E-state index contributed by atoms with van der Waals surface area (Å²) in [5, 5.41) is 6.77. The topological polar surface area (TPSA) is 91.3 Å². The van der Waals surface area contributed by atoms with Gasteiger partial charge in [-0.25, -0.2) is 4.68 Å². The van der Waals surface area contributed by atoms with E-state index in [0.29, 0.717) is 23.4 Å². The molecule has 2 aromatic rings. The Kier molecular flexibility index (Phi) is 5.69. The minimum atomic E-state index is -0.441. The highest BCUT2D eigenvalue weighted by Crippen LogP contribution is 2.31. The second kappa shape index (κ2) is 8.26. The Hall–Kier alpha value is -2.61. The van der Waals surface area contributed by atoms with Crippen molar-refractivity contribution >= 4 is 11.6 Å². The van der Waals surface area contributed by atoms with Crippen molar-refractivity contribution in [3.8, 4) is 0 Å². The van der Waals surface area contributed by atoms with Crippen LogP contribution in [0.2, 0.25) is 0 Å². The maximum absolute atomic E-state index is 13.1. The van der Waals surface area contributed by atoms with Crippen molar-refractivity contribution in [1.82, 2.24) is 14.5 Å². The fourth-order valence-electron chi connectivity index (χ4n) is 4.57. The number of hydrogen-bond donors (Lipinski definition) is 1. The molecule has 0 spiro atoms. The van der Waals surface area contributed by atoms with Crippen molar-refractivity contribution in [3.63, 3.8) is 0 Å². The van der Waals surface area contributed by atoms with Gasteiger partial charge in [-0.05, 0) is 40.0 Å². The Morgan fingerprint density at radius 2 is 1.97 bits per heavy atom. The highest BCUT2D eigenvalue weighted by atomic mass is 16.5. The normalized spacial score (nSPS) is 22.4. The van der Waals surface area contributed by atoms with E-state index in [2.05, 4.69) is 10.5 Å². The number of hydrogen-bond acceptors (Lipinski definition) is 5. The minimum absolute atomic E-state index is 0.0178. The molecule has 162 valence electrons. The number of nitrogens with zero attached hydrogens (tertiary/aromatic N) is 3. The highest BCUT2D eigenvalue weighted by Gasteiger charge is 2.29. The Morgan fingerprint density at radius 1 is 1.23 bits per heavy atom. The first kappa shape index (κ1) is 20.7. The Morgan fingerprint density at radius 3 is 2.67 bits per heavy atom. The largest absolute Gasteiger partial charge is 0.363 e. The number of ether oxygens (including phenoxy) is 1. The molecule has 1 fully saturated rings. The summed E-state index contributed by atoms with van der Waals surface area (Å²) in [4.78, 5) is 26.1. The van der Waals surface area contributed by atoms with Gasteiger partial charge in [0.2, 0.25) is 0 Å². The lowest BCUT2D eigenvalue weighted by Gasteiger charge is -2.24. The second-order valence-corrected chi connectivity index (χ2v) is 8.39. The van der Waals surface area contributed by atoms with Gasteiger partial charge >= 0.3 is 0 Å². The van der Waals surface area contributed by atoms with E-state index in [4.69, 9.17) is 9.26 Å². The van der Waals surface area contributed by atoms with Gasteiger partial charge in [-0.15, -0.1) is 0 Å². The van der Waals surface area contributed by atoms with Crippen LogP contribution in [0, 0.1) is 13.8 Å². The number of rotatable bonds is 4. The number of aromatic nitrogens is 3. The lowest BCUT2D eigenvalue weighted by atomic mass is 9.96. The van der Waals surface area contributed by atoms with Crippen molar-refractivity contribution in [3.05, 3.63) is 45.2 Å². The number of carbonyl (C=O) groups is 1. The van der Waals surface area contributed by atoms with Gasteiger partial charge < -0.3 is 14.6 Å². The fraction of sp³-hybridized carbons (Fsp3) is 0.591. The van der Waals surface area contributed by atoms with Crippen molar-refractivity contribution in [1.29, 1.82) is 0 Å². The molecule has 1 aliphatic carbocycles. The summed E-state index contributed by atoms with van der Waals surface area (Å²) in [6.07, 6.45) is 9.87. The molecule has 4 rings (SSSR count). The third kappa shape index (κ3) is 3.64. The molecule has 0 aromatic carbocycles. The van der Waals surface area contributed by atoms with E-state index >= 15 is 0 Å². The summed E-state index contributed by atoms with van der Waals surface area (Å²) in [5.41, 5.74) is 1.70. The zero-order valence-corrected chi connectivity index (χ0v) is 18.1. The minimum Gasteiger partial charge on any atom is -0.363 e. The zero-order valence-electron chi connectivity index (χ0n) is 18.1. The summed E-state index contributed by atoms with van der Waals surface area (Å²) in [6, 6.07) is 0.180. The van der Waals surface area contributed by atoms with E-state index in [0.717, 1.165) is 31.4 Å². The quantitative estimate of drug-likeness (QED) is 0.765. The van der Waals surface area contributed by atoms with E-state index < -0.39 is 5.91 Å². The monoisotopic (exact) mass is 414 g/mol. The predicted molar refractivity (Wildman–Crippen MR) is 113 cm³/mol. The van der Waals surface area contributed by atoms with Gasteiger partial charge in [-0.3, -0.25) is 14.3 Å². The molecule has 1 N–H and O–H groups in total. The maximum Gasteiger partial charge on any atom is 0.291 e. The lowest BCUT2D eigenvalue weighted by Crippen LogP contribution is -2.29. The summed E-state index contributed by atoms with van der Waals surface area (Å²) in [7, 11) is 1.87. The molecule has 1 saturated carbocycles. The van der Waals surface area contributed by atoms with Crippen molar-refractivity contribution < 1.29 is 14.1 Å². The van der Waals surface area contributed by atoms with Crippen molar-refractivity contribution in [2.75, 3.05) is 5.32 Å². The van der Waals surface area contributed by atoms with Crippen LogP contribution in [0.5, 0.6) is 0 Å². The third-order valence-electron chi connectivity index (χ3n) is 6.36. The van der Waals surface area contributed by atoms with Crippen LogP contribution in [0.3, 0.4) is 0 Å². The molecular weight excluding hydrogens is 384 g/mol. The predicted octanol–water partition coefficient (Wildman–Crippen LogP) is 3.96. The summed E-state index contributed by atoms with van der Waals surface area (Å²) in [5.74, 6) is 0.115. The first-order valence-corrected chi connectivity index (χ1v) is 10.8. The van der Waals surface area contributed by atoms with Gasteiger partial charge in [0.1, 0.15) is 11.8 Å². The van der Waals surface area contributed by atoms with Gasteiger partial charge in [0, 0.05) is 12.6 Å². The first-order chi connectivity index (χ1) is 14.4. The molecule has 0 bridgehead atoms. The summed E-state index contributed by atoms with van der Waals surface area (Å²) in [6.45, 7) is 5.60. The molecule has 8 heteroatoms. The summed E-state index contributed by atoms with van der Waals surface area (Å²) >= 11 is 0. The van der Waals surface area contributed by atoms with Crippen LogP contribution in [-0.4, -0.2) is 26.5 Å². The molecule has 0 saturated heterocycles.